The summed E-state index contributed by atoms with van der Waals surface area (Å²) in [6.45, 7) is 5.73. The molecule has 1 heterocycles. The lowest BCUT2D eigenvalue weighted by molar-refractivity contribution is 0.0696. The van der Waals surface area contributed by atoms with E-state index in [0.717, 1.165) is 29.8 Å². The second-order valence-electron chi connectivity index (χ2n) is 4.50. The first-order valence-corrected chi connectivity index (χ1v) is 6.16. The maximum absolute atomic E-state index is 11.2. The summed E-state index contributed by atoms with van der Waals surface area (Å²) >= 11 is 0. The molecule has 0 unspecified atom stereocenters. The molecule has 100 valence electrons. The van der Waals surface area contributed by atoms with Crippen LogP contribution in [0.5, 0.6) is 0 Å². The molecule has 0 atom stereocenters. The van der Waals surface area contributed by atoms with Crippen molar-refractivity contribution < 1.29 is 9.90 Å². The third kappa shape index (κ3) is 2.47. The van der Waals surface area contributed by atoms with E-state index in [1.807, 2.05) is 19.9 Å². The molecular formula is C13H16N4O2. The van der Waals surface area contributed by atoms with Crippen molar-refractivity contribution in [1.82, 2.24) is 20.2 Å². The highest BCUT2D eigenvalue weighted by atomic mass is 16.4. The fourth-order valence-electron chi connectivity index (χ4n) is 1.97. The third-order valence-corrected chi connectivity index (χ3v) is 3.13. The number of carbonyl (C=O) groups is 1. The monoisotopic (exact) mass is 260 g/mol. The Labute approximate surface area is 111 Å². The number of tetrazole rings is 1. The molecule has 0 aliphatic heterocycles. The van der Waals surface area contributed by atoms with Crippen LogP contribution in [-0.4, -0.2) is 31.3 Å². The highest BCUT2D eigenvalue weighted by Crippen LogP contribution is 2.19. The first-order valence-electron chi connectivity index (χ1n) is 6.16. The van der Waals surface area contributed by atoms with Crippen LogP contribution in [0, 0.1) is 13.8 Å². The van der Waals surface area contributed by atoms with Gasteiger partial charge in [0.05, 0.1) is 11.3 Å². The van der Waals surface area contributed by atoms with Gasteiger partial charge in [-0.2, -0.15) is 4.68 Å². The second kappa shape index (κ2) is 5.17. The Hall–Kier alpha value is -2.24. The number of hydrogen-bond donors (Lipinski definition) is 1. The molecular weight excluding hydrogens is 244 g/mol. The molecule has 0 amide bonds. The quantitative estimate of drug-likeness (QED) is 0.908. The topological polar surface area (TPSA) is 80.9 Å². The Balaban J connectivity index is 2.56. The summed E-state index contributed by atoms with van der Waals surface area (Å²) in [5, 5.41) is 20.8. The van der Waals surface area contributed by atoms with Crippen LogP contribution in [0.1, 0.15) is 40.7 Å². The fraction of sp³-hybridized carbons (Fsp3) is 0.385. The molecule has 0 radical (unpaired) electrons. The Morgan fingerprint density at radius 2 is 2.11 bits per heavy atom. The number of hydrogen-bond acceptors (Lipinski definition) is 4. The van der Waals surface area contributed by atoms with Gasteiger partial charge in [-0.15, -0.1) is 5.10 Å². The molecule has 0 saturated carbocycles. The lowest BCUT2D eigenvalue weighted by Gasteiger charge is -2.10. The predicted molar refractivity (Wildman–Crippen MR) is 69.6 cm³/mol. The minimum atomic E-state index is -0.937. The highest BCUT2D eigenvalue weighted by Gasteiger charge is 2.14. The van der Waals surface area contributed by atoms with Crippen molar-refractivity contribution in [2.24, 2.45) is 0 Å². The summed E-state index contributed by atoms with van der Waals surface area (Å²) in [7, 11) is 0. The Bertz CT molecular complexity index is 619. The van der Waals surface area contributed by atoms with Gasteiger partial charge in [0, 0.05) is 6.42 Å². The summed E-state index contributed by atoms with van der Waals surface area (Å²) in [5.74, 6) is -0.199. The van der Waals surface area contributed by atoms with Gasteiger partial charge in [0.2, 0.25) is 0 Å². The SMILES string of the molecule is CCCc1nnnn1-c1cc(C)c(C)c(C(=O)O)c1. The lowest BCUT2D eigenvalue weighted by Crippen LogP contribution is -2.08. The molecule has 1 N–H and O–H groups in total. The average Bonchev–Trinajstić information content (AvgIpc) is 2.81. The van der Waals surface area contributed by atoms with E-state index in [4.69, 9.17) is 0 Å². The first-order chi connectivity index (χ1) is 9.04. The molecule has 0 bridgehead atoms. The third-order valence-electron chi connectivity index (χ3n) is 3.13. The standard InChI is InChI=1S/C13H16N4O2/c1-4-5-12-14-15-16-17(12)10-6-8(2)9(3)11(7-10)13(18)19/h6-7H,4-5H2,1-3H3,(H,18,19). The van der Waals surface area contributed by atoms with E-state index in [0.29, 0.717) is 5.69 Å². The molecule has 0 spiro atoms. The molecule has 6 nitrogen and oxygen atoms in total. The van der Waals surface area contributed by atoms with E-state index in [1.165, 1.54) is 0 Å². The van der Waals surface area contributed by atoms with Crippen molar-refractivity contribution in [2.75, 3.05) is 0 Å². The van der Waals surface area contributed by atoms with E-state index in [-0.39, 0.29) is 5.56 Å². The van der Waals surface area contributed by atoms with Crippen molar-refractivity contribution in [3.63, 3.8) is 0 Å². The zero-order valence-corrected chi connectivity index (χ0v) is 11.2. The first kappa shape index (κ1) is 13.2. The van der Waals surface area contributed by atoms with E-state index in [2.05, 4.69) is 15.5 Å². The van der Waals surface area contributed by atoms with E-state index in [1.54, 1.807) is 17.7 Å². The zero-order chi connectivity index (χ0) is 14.0. The number of rotatable bonds is 4. The van der Waals surface area contributed by atoms with Crippen LogP contribution < -0.4 is 0 Å². The van der Waals surface area contributed by atoms with Crippen LogP contribution in [0.25, 0.3) is 5.69 Å². The van der Waals surface area contributed by atoms with E-state index < -0.39 is 5.97 Å². The van der Waals surface area contributed by atoms with Gasteiger partial charge in [0.1, 0.15) is 0 Å². The molecule has 1 aromatic carbocycles. The van der Waals surface area contributed by atoms with Gasteiger partial charge in [-0.1, -0.05) is 6.92 Å². The molecule has 0 aliphatic rings. The molecule has 2 rings (SSSR count). The molecule has 2 aromatic rings. The van der Waals surface area contributed by atoms with Gasteiger partial charge < -0.3 is 5.11 Å². The van der Waals surface area contributed by atoms with Crippen LogP contribution >= 0.6 is 0 Å². The van der Waals surface area contributed by atoms with Gasteiger partial charge in [-0.3, -0.25) is 0 Å². The van der Waals surface area contributed by atoms with Crippen LogP contribution in [0.2, 0.25) is 0 Å². The van der Waals surface area contributed by atoms with Crippen LogP contribution in [-0.2, 0) is 6.42 Å². The van der Waals surface area contributed by atoms with Gasteiger partial charge in [-0.05, 0) is 54.0 Å². The molecule has 0 fully saturated rings. The highest BCUT2D eigenvalue weighted by molar-refractivity contribution is 5.90. The maximum atomic E-state index is 11.2. The molecule has 1 aromatic heterocycles. The smallest absolute Gasteiger partial charge is 0.336 e. The van der Waals surface area contributed by atoms with Crippen molar-refractivity contribution in [1.29, 1.82) is 0 Å². The van der Waals surface area contributed by atoms with Gasteiger partial charge in [-0.25, -0.2) is 4.79 Å². The number of aryl methyl sites for hydroxylation is 2. The minimum absolute atomic E-state index is 0.285. The van der Waals surface area contributed by atoms with Crippen LogP contribution in [0.3, 0.4) is 0 Å². The zero-order valence-electron chi connectivity index (χ0n) is 11.2. The molecule has 0 saturated heterocycles. The summed E-state index contributed by atoms with van der Waals surface area (Å²) < 4.78 is 1.60. The molecule has 19 heavy (non-hydrogen) atoms. The van der Waals surface area contributed by atoms with Crippen molar-refractivity contribution in [2.45, 2.75) is 33.6 Å². The number of carboxylic acids is 1. The number of aromatic nitrogens is 4. The second-order valence-corrected chi connectivity index (χ2v) is 4.50. The Morgan fingerprint density at radius 3 is 2.74 bits per heavy atom. The van der Waals surface area contributed by atoms with Crippen molar-refractivity contribution >= 4 is 5.97 Å². The summed E-state index contributed by atoms with van der Waals surface area (Å²) in [5.41, 5.74) is 2.65. The molecule has 0 aliphatic carbocycles. The number of benzene rings is 1. The normalized spacial score (nSPS) is 10.7. The molecule has 6 heteroatoms. The van der Waals surface area contributed by atoms with Gasteiger partial charge in [0.15, 0.2) is 5.82 Å². The Morgan fingerprint density at radius 1 is 1.37 bits per heavy atom. The number of aromatic carboxylic acids is 1. The average molecular weight is 260 g/mol. The summed E-state index contributed by atoms with van der Waals surface area (Å²) in [6.07, 6.45) is 1.68. The van der Waals surface area contributed by atoms with Crippen molar-refractivity contribution in [3.8, 4) is 5.69 Å². The van der Waals surface area contributed by atoms with Gasteiger partial charge in [0.25, 0.3) is 0 Å². The predicted octanol–water partition coefficient (Wildman–Crippen LogP) is 1.93. The lowest BCUT2D eigenvalue weighted by atomic mass is 10.0. The van der Waals surface area contributed by atoms with Crippen molar-refractivity contribution in [3.05, 3.63) is 34.6 Å². The fourth-order valence-corrected chi connectivity index (χ4v) is 1.97. The largest absolute Gasteiger partial charge is 0.478 e. The van der Waals surface area contributed by atoms with Gasteiger partial charge >= 0.3 is 5.97 Å². The van der Waals surface area contributed by atoms with Crippen LogP contribution in [0.4, 0.5) is 0 Å². The minimum Gasteiger partial charge on any atom is -0.478 e. The van der Waals surface area contributed by atoms with E-state index in [9.17, 15) is 9.90 Å². The van der Waals surface area contributed by atoms with Crippen LogP contribution in [0.15, 0.2) is 12.1 Å². The van der Waals surface area contributed by atoms with E-state index >= 15 is 0 Å². The maximum Gasteiger partial charge on any atom is 0.336 e. The summed E-state index contributed by atoms with van der Waals surface area (Å²) in [6, 6.07) is 3.51. The number of nitrogens with zero attached hydrogens (tertiary/aromatic N) is 4. The Kier molecular flexibility index (Phi) is 3.59. The summed E-state index contributed by atoms with van der Waals surface area (Å²) in [4.78, 5) is 11.2. The number of carboxylic acid groups (broad SMARTS) is 1.